The Balaban J connectivity index is 2.30. The normalized spacial score (nSPS) is 28.6. The predicted octanol–water partition coefficient (Wildman–Crippen LogP) is 1.54. The van der Waals surface area contributed by atoms with Crippen LogP contribution in [0.15, 0.2) is 12.1 Å². The minimum Gasteiger partial charge on any atom is -0.507 e. The highest BCUT2D eigenvalue weighted by molar-refractivity contribution is 5.94. The Hall–Kier alpha value is -1.83. The zero-order chi connectivity index (χ0) is 19.3. The second kappa shape index (κ2) is 9.21. The standard InChI is InChI=1S/C19H28O7/c1-11-5-3-7-14(20)18(23)15(21)8-4-6-12-9-13(25-2)10-16(22)17(12)19(24)26-11/h9-11,14-15,18,20-23H,3-8H2,1-2H3/t11-,14-,15-,18+/m0/s1. The number of benzene rings is 1. The summed E-state index contributed by atoms with van der Waals surface area (Å²) in [6.45, 7) is 1.74. The highest BCUT2D eigenvalue weighted by atomic mass is 16.5. The van der Waals surface area contributed by atoms with E-state index in [1.54, 1.807) is 13.0 Å². The van der Waals surface area contributed by atoms with Crippen molar-refractivity contribution in [1.29, 1.82) is 0 Å². The van der Waals surface area contributed by atoms with Gasteiger partial charge in [-0.1, -0.05) is 0 Å². The van der Waals surface area contributed by atoms with Crippen LogP contribution >= 0.6 is 0 Å². The topological polar surface area (TPSA) is 116 Å². The van der Waals surface area contributed by atoms with Gasteiger partial charge in [-0.2, -0.15) is 0 Å². The van der Waals surface area contributed by atoms with Gasteiger partial charge < -0.3 is 29.9 Å². The van der Waals surface area contributed by atoms with Crippen molar-refractivity contribution in [3.05, 3.63) is 23.3 Å². The first kappa shape index (κ1) is 20.5. The van der Waals surface area contributed by atoms with E-state index in [2.05, 4.69) is 0 Å². The molecular weight excluding hydrogens is 340 g/mol. The summed E-state index contributed by atoms with van der Waals surface area (Å²) in [5.74, 6) is -0.398. The van der Waals surface area contributed by atoms with E-state index in [4.69, 9.17) is 9.47 Å². The molecule has 26 heavy (non-hydrogen) atoms. The van der Waals surface area contributed by atoms with Crippen molar-refractivity contribution in [3.8, 4) is 11.5 Å². The number of methoxy groups -OCH3 is 1. The van der Waals surface area contributed by atoms with Crippen LogP contribution in [0.5, 0.6) is 11.5 Å². The SMILES string of the molecule is COc1cc(O)c2c(c1)CCC[C@H](O)[C@H](O)[C@@H](O)CCC[C@H](C)OC2=O. The van der Waals surface area contributed by atoms with Crippen LogP contribution < -0.4 is 4.74 Å². The lowest BCUT2D eigenvalue weighted by Gasteiger charge is -2.24. The van der Waals surface area contributed by atoms with Gasteiger partial charge in [0, 0.05) is 6.07 Å². The van der Waals surface area contributed by atoms with Gasteiger partial charge in [0.25, 0.3) is 0 Å². The quantitative estimate of drug-likeness (QED) is 0.556. The molecule has 0 amide bonds. The van der Waals surface area contributed by atoms with Crippen LogP contribution in [-0.4, -0.2) is 57.9 Å². The molecule has 7 nitrogen and oxygen atoms in total. The lowest BCUT2D eigenvalue weighted by atomic mass is 9.95. The second-order valence-corrected chi connectivity index (χ2v) is 6.84. The van der Waals surface area contributed by atoms with Crippen LogP contribution in [0.25, 0.3) is 0 Å². The number of hydrogen-bond acceptors (Lipinski definition) is 7. The third-order valence-electron chi connectivity index (χ3n) is 4.77. The first-order valence-corrected chi connectivity index (χ1v) is 8.98. The summed E-state index contributed by atoms with van der Waals surface area (Å²) in [7, 11) is 1.46. The number of carbonyl (C=O) groups excluding carboxylic acids is 1. The van der Waals surface area contributed by atoms with Gasteiger partial charge in [0.1, 0.15) is 23.2 Å². The van der Waals surface area contributed by atoms with Crippen molar-refractivity contribution in [2.24, 2.45) is 0 Å². The molecule has 0 saturated carbocycles. The largest absolute Gasteiger partial charge is 0.507 e. The van der Waals surface area contributed by atoms with Gasteiger partial charge in [-0.25, -0.2) is 4.79 Å². The van der Waals surface area contributed by atoms with Crippen molar-refractivity contribution < 1.29 is 34.7 Å². The van der Waals surface area contributed by atoms with E-state index in [0.717, 1.165) is 0 Å². The number of phenolic OH excluding ortho intramolecular Hbond substituents is 1. The number of cyclic esters (lactones) is 1. The maximum absolute atomic E-state index is 12.5. The molecule has 2 rings (SSSR count). The molecule has 4 N–H and O–H groups in total. The molecule has 0 fully saturated rings. The molecule has 0 spiro atoms. The third-order valence-corrected chi connectivity index (χ3v) is 4.77. The Morgan fingerprint density at radius 2 is 1.73 bits per heavy atom. The number of hydrogen-bond donors (Lipinski definition) is 4. The second-order valence-electron chi connectivity index (χ2n) is 6.84. The van der Waals surface area contributed by atoms with Crippen molar-refractivity contribution >= 4 is 5.97 Å². The van der Waals surface area contributed by atoms with Crippen molar-refractivity contribution in [2.45, 2.75) is 69.9 Å². The Kier molecular flexibility index (Phi) is 7.25. The van der Waals surface area contributed by atoms with Crippen LogP contribution in [0.1, 0.15) is 54.9 Å². The van der Waals surface area contributed by atoms with Gasteiger partial charge in [-0.3, -0.25) is 0 Å². The van der Waals surface area contributed by atoms with Crippen molar-refractivity contribution in [2.75, 3.05) is 7.11 Å². The molecule has 1 aliphatic heterocycles. The number of aliphatic hydroxyl groups excluding tert-OH is 3. The van der Waals surface area contributed by atoms with Gasteiger partial charge in [-0.15, -0.1) is 0 Å². The number of fused-ring (bicyclic) bond motifs is 1. The van der Waals surface area contributed by atoms with Crippen molar-refractivity contribution in [1.82, 2.24) is 0 Å². The molecular formula is C19H28O7. The summed E-state index contributed by atoms with van der Waals surface area (Å²) in [6.07, 6.45) is -1.29. The predicted molar refractivity (Wildman–Crippen MR) is 94.3 cm³/mol. The molecule has 1 aliphatic rings. The summed E-state index contributed by atoms with van der Waals surface area (Å²) in [5.41, 5.74) is 0.656. The van der Waals surface area contributed by atoms with Gasteiger partial charge in [0.05, 0.1) is 25.4 Å². The Morgan fingerprint density at radius 3 is 2.38 bits per heavy atom. The molecule has 0 radical (unpaired) electrons. The molecule has 0 bridgehead atoms. The molecule has 0 aliphatic carbocycles. The number of aromatic hydroxyl groups is 1. The minimum absolute atomic E-state index is 0.102. The van der Waals surface area contributed by atoms with Gasteiger partial charge in [-0.05, 0) is 57.1 Å². The Morgan fingerprint density at radius 1 is 1.08 bits per heavy atom. The number of esters is 1. The number of rotatable bonds is 1. The van der Waals surface area contributed by atoms with Crippen molar-refractivity contribution in [3.63, 3.8) is 0 Å². The molecule has 4 atom stereocenters. The third kappa shape index (κ3) is 5.09. The highest BCUT2D eigenvalue weighted by Gasteiger charge is 2.26. The first-order valence-electron chi connectivity index (χ1n) is 8.98. The fourth-order valence-corrected chi connectivity index (χ4v) is 3.22. The van der Waals surface area contributed by atoms with E-state index in [1.807, 2.05) is 0 Å². The Bertz CT molecular complexity index is 616. The molecule has 0 saturated heterocycles. The minimum atomic E-state index is -1.21. The maximum atomic E-state index is 12.5. The monoisotopic (exact) mass is 368 g/mol. The lowest BCUT2D eigenvalue weighted by molar-refractivity contribution is -0.0658. The molecule has 1 aromatic carbocycles. The Labute approximate surface area is 153 Å². The molecule has 146 valence electrons. The summed E-state index contributed by atoms with van der Waals surface area (Å²) in [5, 5.41) is 40.4. The van der Waals surface area contributed by atoms with Gasteiger partial charge >= 0.3 is 5.97 Å². The number of carbonyl (C=O) groups is 1. The average Bonchev–Trinajstić information content (AvgIpc) is 2.59. The average molecular weight is 368 g/mol. The first-order chi connectivity index (χ1) is 12.3. The van der Waals surface area contributed by atoms with Crippen LogP contribution in [0.3, 0.4) is 0 Å². The summed E-state index contributed by atoms with van der Waals surface area (Å²) >= 11 is 0. The number of phenols is 1. The maximum Gasteiger partial charge on any atom is 0.342 e. The molecule has 1 aromatic rings. The number of aryl methyl sites for hydroxylation is 1. The van der Waals surface area contributed by atoms with Crippen LogP contribution in [0, 0.1) is 0 Å². The van der Waals surface area contributed by atoms with Crippen LogP contribution in [-0.2, 0) is 11.2 Å². The van der Waals surface area contributed by atoms with Gasteiger partial charge in [0.15, 0.2) is 0 Å². The van der Waals surface area contributed by atoms with Gasteiger partial charge in [0.2, 0.25) is 0 Å². The number of ether oxygens (including phenoxy) is 2. The molecule has 7 heteroatoms. The smallest absolute Gasteiger partial charge is 0.342 e. The van der Waals surface area contributed by atoms with E-state index in [0.29, 0.717) is 43.4 Å². The summed E-state index contributed by atoms with van der Waals surface area (Å²) in [4.78, 5) is 12.5. The van der Waals surface area contributed by atoms with E-state index in [-0.39, 0.29) is 17.7 Å². The fourth-order valence-electron chi connectivity index (χ4n) is 3.22. The zero-order valence-electron chi connectivity index (χ0n) is 15.2. The van der Waals surface area contributed by atoms with E-state index < -0.39 is 30.4 Å². The zero-order valence-corrected chi connectivity index (χ0v) is 15.2. The van der Waals surface area contributed by atoms with E-state index >= 15 is 0 Å². The molecule has 0 unspecified atom stereocenters. The highest BCUT2D eigenvalue weighted by Crippen LogP contribution is 2.30. The summed E-state index contributed by atoms with van der Waals surface area (Å²) in [6, 6.07) is 3.02. The van der Waals surface area contributed by atoms with Crippen LogP contribution in [0.4, 0.5) is 0 Å². The van der Waals surface area contributed by atoms with E-state index in [1.165, 1.54) is 13.2 Å². The summed E-state index contributed by atoms with van der Waals surface area (Å²) < 4.78 is 10.6. The lowest BCUT2D eigenvalue weighted by Crippen LogP contribution is -2.37. The van der Waals surface area contributed by atoms with E-state index in [9.17, 15) is 25.2 Å². The fraction of sp³-hybridized carbons (Fsp3) is 0.632. The number of aliphatic hydroxyl groups is 3. The molecule has 1 heterocycles. The van der Waals surface area contributed by atoms with Crippen LogP contribution in [0.2, 0.25) is 0 Å². The molecule has 0 aromatic heterocycles.